The van der Waals surface area contributed by atoms with Crippen molar-refractivity contribution in [2.45, 2.75) is 31.2 Å². The van der Waals surface area contributed by atoms with Gasteiger partial charge in [0.05, 0.1) is 23.8 Å². The predicted octanol–water partition coefficient (Wildman–Crippen LogP) is -0.693. The molecule has 1 amide bonds. The van der Waals surface area contributed by atoms with Gasteiger partial charge in [-0.15, -0.1) is 0 Å². The number of nitrogens with one attached hydrogen (secondary N) is 3. The van der Waals surface area contributed by atoms with Crippen LogP contribution < -0.4 is 10.6 Å². The summed E-state index contributed by atoms with van der Waals surface area (Å²) in [6.45, 7) is 2.92. The molecule has 0 saturated carbocycles. The van der Waals surface area contributed by atoms with Crippen molar-refractivity contribution in [1.29, 1.82) is 0 Å². The Morgan fingerprint density at radius 2 is 2.50 bits per heavy atom. The van der Waals surface area contributed by atoms with Crippen LogP contribution in [0.3, 0.4) is 0 Å². The smallest absolute Gasteiger partial charge is 0.237 e. The molecule has 0 bridgehead atoms. The van der Waals surface area contributed by atoms with Crippen molar-refractivity contribution in [2.75, 3.05) is 12.8 Å². The van der Waals surface area contributed by atoms with Crippen molar-refractivity contribution in [2.24, 2.45) is 0 Å². The van der Waals surface area contributed by atoms with Gasteiger partial charge in [0.15, 0.2) is 0 Å². The van der Waals surface area contributed by atoms with Gasteiger partial charge in [0.25, 0.3) is 0 Å². The Bertz CT molecular complexity index is 460. The van der Waals surface area contributed by atoms with Crippen LogP contribution in [-0.4, -0.2) is 44.2 Å². The SMILES string of the molecule is CC(CNC(=O)C1Cc2nc[nH]c2CN1)S(C)=O. The van der Waals surface area contributed by atoms with E-state index in [0.717, 1.165) is 11.4 Å². The molecule has 0 saturated heterocycles. The molecule has 3 unspecified atom stereocenters. The number of aromatic nitrogens is 2. The summed E-state index contributed by atoms with van der Waals surface area (Å²) in [4.78, 5) is 19.2. The zero-order valence-corrected chi connectivity index (χ0v) is 11.3. The highest BCUT2D eigenvalue weighted by Crippen LogP contribution is 2.12. The van der Waals surface area contributed by atoms with Gasteiger partial charge in [-0.2, -0.15) is 0 Å². The summed E-state index contributed by atoms with van der Waals surface area (Å²) in [5.41, 5.74) is 1.99. The first-order valence-corrected chi connectivity index (χ1v) is 7.54. The first-order chi connectivity index (χ1) is 8.58. The Kier molecular flexibility index (Phi) is 4.13. The molecular weight excluding hydrogens is 252 g/mol. The van der Waals surface area contributed by atoms with Gasteiger partial charge in [-0.05, 0) is 6.92 Å². The maximum atomic E-state index is 11.9. The van der Waals surface area contributed by atoms with Crippen molar-refractivity contribution in [3.8, 4) is 0 Å². The Balaban J connectivity index is 1.86. The standard InChI is InChI=1S/C11H18N4O2S/c1-7(18(2)17)4-13-11(16)9-3-8-10(5-12-9)15-6-14-8/h6-7,9,12H,3-5H2,1-2H3,(H,13,16)(H,14,15). The van der Waals surface area contributed by atoms with Crippen molar-refractivity contribution < 1.29 is 9.00 Å². The Hall–Kier alpha value is -1.21. The summed E-state index contributed by atoms with van der Waals surface area (Å²) >= 11 is 0. The molecule has 6 nitrogen and oxygen atoms in total. The number of fused-ring (bicyclic) bond motifs is 1. The lowest BCUT2D eigenvalue weighted by Crippen LogP contribution is -2.49. The number of hydrogen-bond acceptors (Lipinski definition) is 4. The molecule has 7 heteroatoms. The van der Waals surface area contributed by atoms with Gasteiger partial charge in [0, 0.05) is 41.8 Å². The fraction of sp³-hybridized carbons (Fsp3) is 0.636. The Morgan fingerprint density at radius 1 is 1.72 bits per heavy atom. The Morgan fingerprint density at radius 3 is 3.22 bits per heavy atom. The molecule has 0 aromatic carbocycles. The van der Waals surface area contributed by atoms with E-state index < -0.39 is 10.8 Å². The van der Waals surface area contributed by atoms with Crippen LogP contribution >= 0.6 is 0 Å². The predicted molar refractivity (Wildman–Crippen MR) is 69.5 cm³/mol. The van der Waals surface area contributed by atoms with Gasteiger partial charge >= 0.3 is 0 Å². The third kappa shape index (κ3) is 2.97. The van der Waals surface area contributed by atoms with Crippen molar-refractivity contribution in [3.63, 3.8) is 0 Å². The van der Waals surface area contributed by atoms with Gasteiger partial charge in [0.1, 0.15) is 0 Å². The van der Waals surface area contributed by atoms with E-state index in [1.165, 1.54) is 0 Å². The first kappa shape index (κ1) is 13.2. The van der Waals surface area contributed by atoms with Crippen molar-refractivity contribution in [3.05, 3.63) is 17.7 Å². The summed E-state index contributed by atoms with van der Waals surface area (Å²) < 4.78 is 11.2. The lowest BCUT2D eigenvalue weighted by Gasteiger charge is -2.22. The molecule has 1 aliphatic rings. The largest absolute Gasteiger partial charge is 0.354 e. The van der Waals surface area contributed by atoms with E-state index in [0.29, 0.717) is 19.5 Å². The number of H-pyrrole nitrogens is 1. The molecule has 3 atom stereocenters. The molecule has 100 valence electrons. The minimum Gasteiger partial charge on any atom is -0.354 e. The zero-order valence-electron chi connectivity index (χ0n) is 10.5. The van der Waals surface area contributed by atoms with Gasteiger partial charge in [-0.3, -0.25) is 14.3 Å². The van der Waals surface area contributed by atoms with E-state index in [1.54, 1.807) is 12.6 Å². The third-order valence-electron chi connectivity index (χ3n) is 3.18. The number of carbonyl (C=O) groups is 1. The topological polar surface area (TPSA) is 86.9 Å². The highest BCUT2D eigenvalue weighted by molar-refractivity contribution is 7.84. The van der Waals surface area contributed by atoms with Crippen LogP contribution in [0.5, 0.6) is 0 Å². The molecule has 2 rings (SSSR count). The highest BCUT2D eigenvalue weighted by atomic mass is 32.2. The van der Waals surface area contributed by atoms with E-state index in [4.69, 9.17) is 0 Å². The van der Waals surface area contributed by atoms with Crippen molar-refractivity contribution in [1.82, 2.24) is 20.6 Å². The summed E-state index contributed by atoms with van der Waals surface area (Å²) in [5, 5.41) is 5.95. The summed E-state index contributed by atoms with van der Waals surface area (Å²) in [5.74, 6) is -0.0547. The second-order valence-corrected chi connectivity index (χ2v) is 6.32. The monoisotopic (exact) mass is 270 g/mol. The van der Waals surface area contributed by atoms with Gasteiger partial charge in [-0.1, -0.05) is 0 Å². The quantitative estimate of drug-likeness (QED) is 0.676. The average Bonchev–Trinajstić information content (AvgIpc) is 2.82. The van der Waals surface area contributed by atoms with Crippen LogP contribution in [0.15, 0.2) is 6.33 Å². The maximum absolute atomic E-state index is 11.9. The number of rotatable bonds is 4. The van der Waals surface area contributed by atoms with E-state index in [2.05, 4.69) is 20.6 Å². The molecule has 18 heavy (non-hydrogen) atoms. The van der Waals surface area contributed by atoms with Crippen LogP contribution in [0, 0.1) is 0 Å². The molecule has 3 N–H and O–H groups in total. The van der Waals surface area contributed by atoms with Gasteiger partial charge in [-0.25, -0.2) is 4.98 Å². The number of amides is 1. The fourth-order valence-electron chi connectivity index (χ4n) is 1.84. The summed E-state index contributed by atoms with van der Waals surface area (Å²) in [6, 6.07) is -0.252. The normalized spacial score (nSPS) is 22.0. The Labute approximate surface area is 108 Å². The second kappa shape index (κ2) is 5.62. The molecule has 2 heterocycles. The van der Waals surface area contributed by atoms with Gasteiger partial charge < -0.3 is 10.3 Å². The minimum atomic E-state index is -0.914. The zero-order chi connectivity index (χ0) is 13.1. The third-order valence-corrected chi connectivity index (χ3v) is 4.48. The number of carbonyl (C=O) groups excluding carboxylic acids is 1. The fourth-order valence-corrected chi connectivity index (χ4v) is 2.16. The molecule has 0 fully saturated rings. The number of imidazole rings is 1. The number of aromatic amines is 1. The van der Waals surface area contributed by atoms with Gasteiger partial charge in [0.2, 0.25) is 5.91 Å². The van der Waals surface area contributed by atoms with Crippen molar-refractivity contribution >= 4 is 16.7 Å². The number of hydrogen-bond donors (Lipinski definition) is 3. The molecule has 1 aromatic heterocycles. The average molecular weight is 270 g/mol. The van der Waals surface area contributed by atoms with Crippen LogP contribution in [-0.2, 0) is 28.6 Å². The summed E-state index contributed by atoms with van der Waals surface area (Å²) in [7, 11) is -0.914. The van der Waals surface area contributed by atoms with E-state index in [-0.39, 0.29) is 17.2 Å². The van der Waals surface area contributed by atoms with E-state index in [1.807, 2.05) is 6.92 Å². The highest BCUT2D eigenvalue weighted by Gasteiger charge is 2.25. The molecule has 0 spiro atoms. The second-order valence-electron chi connectivity index (χ2n) is 4.52. The van der Waals surface area contributed by atoms with E-state index in [9.17, 15) is 9.00 Å². The van der Waals surface area contributed by atoms with Crippen LogP contribution in [0.4, 0.5) is 0 Å². The first-order valence-electron chi connectivity index (χ1n) is 5.92. The van der Waals surface area contributed by atoms with E-state index >= 15 is 0 Å². The molecule has 0 radical (unpaired) electrons. The maximum Gasteiger partial charge on any atom is 0.237 e. The van der Waals surface area contributed by atoms with Crippen LogP contribution in [0.1, 0.15) is 18.3 Å². The lowest BCUT2D eigenvalue weighted by atomic mass is 10.0. The molecule has 1 aliphatic heterocycles. The molecule has 0 aliphatic carbocycles. The summed E-state index contributed by atoms with van der Waals surface area (Å²) in [6.07, 6.45) is 3.88. The molecular formula is C11H18N4O2S. The van der Waals surface area contributed by atoms with Crippen LogP contribution in [0.2, 0.25) is 0 Å². The minimum absolute atomic E-state index is 0.0292. The molecule has 1 aromatic rings. The lowest BCUT2D eigenvalue weighted by molar-refractivity contribution is -0.123. The van der Waals surface area contributed by atoms with Crippen LogP contribution in [0.25, 0.3) is 0 Å². The number of nitrogens with zero attached hydrogens (tertiary/aromatic N) is 1.